The van der Waals surface area contributed by atoms with Crippen molar-refractivity contribution in [2.24, 2.45) is 0 Å². The van der Waals surface area contributed by atoms with Gasteiger partial charge in [-0.3, -0.25) is 9.69 Å². The van der Waals surface area contributed by atoms with E-state index in [4.69, 9.17) is 0 Å². The van der Waals surface area contributed by atoms with Crippen molar-refractivity contribution in [3.63, 3.8) is 0 Å². The number of hydrogen-bond donors (Lipinski definition) is 1. The van der Waals surface area contributed by atoms with E-state index in [1.54, 1.807) is 12.1 Å². The summed E-state index contributed by atoms with van der Waals surface area (Å²) in [6, 6.07) is 16.4. The average Bonchev–Trinajstić information content (AvgIpc) is 3.01. The van der Waals surface area contributed by atoms with Crippen LogP contribution in [0.3, 0.4) is 0 Å². The van der Waals surface area contributed by atoms with Gasteiger partial charge in [-0.15, -0.1) is 0 Å². The molecule has 2 atom stereocenters. The van der Waals surface area contributed by atoms with Gasteiger partial charge in [0.05, 0.1) is 17.0 Å². The lowest BCUT2D eigenvalue weighted by molar-refractivity contribution is -0.126. The van der Waals surface area contributed by atoms with Crippen molar-refractivity contribution in [1.29, 1.82) is 0 Å². The van der Waals surface area contributed by atoms with Gasteiger partial charge in [0.15, 0.2) is 0 Å². The van der Waals surface area contributed by atoms with Gasteiger partial charge in [0, 0.05) is 26.2 Å². The number of carbonyl (C=O) groups is 1. The highest BCUT2D eigenvalue weighted by atomic mass is 32.2. The van der Waals surface area contributed by atoms with Gasteiger partial charge < -0.3 is 5.32 Å². The van der Waals surface area contributed by atoms with Crippen LogP contribution in [-0.2, 0) is 14.8 Å². The van der Waals surface area contributed by atoms with Crippen molar-refractivity contribution >= 4 is 15.9 Å². The summed E-state index contributed by atoms with van der Waals surface area (Å²) in [5.41, 5.74) is 2.09. The molecule has 1 aliphatic rings. The van der Waals surface area contributed by atoms with Crippen molar-refractivity contribution in [2.45, 2.75) is 44.2 Å². The summed E-state index contributed by atoms with van der Waals surface area (Å²) in [6.45, 7) is 7.85. The number of hydrogen-bond acceptors (Lipinski definition) is 4. The number of sulfonamides is 1. The van der Waals surface area contributed by atoms with Crippen LogP contribution >= 0.6 is 0 Å². The van der Waals surface area contributed by atoms with Crippen LogP contribution in [0, 0.1) is 6.92 Å². The fourth-order valence-electron chi connectivity index (χ4n) is 3.73. The lowest BCUT2D eigenvalue weighted by atomic mass is 10.1. The molecule has 0 unspecified atom stereocenters. The monoisotopic (exact) mass is 429 g/mol. The fraction of sp³-hybridized carbons (Fsp3) is 0.435. The van der Waals surface area contributed by atoms with Gasteiger partial charge in [0.25, 0.3) is 0 Å². The third-order valence-electron chi connectivity index (χ3n) is 5.73. The number of rotatable bonds is 6. The van der Waals surface area contributed by atoms with Gasteiger partial charge in [-0.1, -0.05) is 48.0 Å². The Morgan fingerprint density at radius 3 is 2.27 bits per heavy atom. The summed E-state index contributed by atoms with van der Waals surface area (Å²) in [6.07, 6.45) is 0.691. The number of benzene rings is 2. The molecular formula is C23H31N3O3S. The number of nitrogens with one attached hydrogen (secondary N) is 1. The number of nitrogens with zero attached hydrogens (tertiary/aromatic N) is 2. The first-order valence-electron chi connectivity index (χ1n) is 10.5. The highest BCUT2D eigenvalue weighted by Crippen LogP contribution is 2.19. The van der Waals surface area contributed by atoms with E-state index in [-0.39, 0.29) is 18.0 Å². The molecule has 1 saturated heterocycles. The van der Waals surface area contributed by atoms with Crippen molar-refractivity contribution in [3.05, 3.63) is 65.7 Å². The predicted molar refractivity (Wildman–Crippen MR) is 119 cm³/mol. The Hall–Kier alpha value is -2.22. The minimum atomic E-state index is -3.52. The summed E-state index contributed by atoms with van der Waals surface area (Å²) >= 11 is 0. The van der Waals surface area contributed by atoms with E-state index in [1.165, 1.54) is 4.31 Å². The molecule has 2 aromatic carbocycles. The number of amides is 1. The summed E-state index contributed by atoms with van der Waals surface area (Å²) in [5.74, 6) is -0.0406. The second-order valence-electron chi connectivity index (χ2n) is 7.92. The molecule has 162 valence electrons. The van der Waals surface area contributed by atoms with Crippen LogP contribution in [0.25, 0.3) is 0 Å². The molecular weight excluding hydrogens is 398 g/mol. The highest BCUT2D eigenvalue weighted by molar-refractivity contribution is 7.89. The van der Waals surface area contributed by atoms with Crippen LogP contribution < -0.4 is 5.32 Å². The van der Waals surface area contributed by atoms with Crippen molar-refractivity contribution in [2.75, 3.05) is 26.2 Å². The van der Waals surface area contributed by atoms with Crippen molar-refractivity contribution in [1.82, 2.24) is 14.5 Å². The van der Waals surface area contributed by atoms with Crippen LogP contribution in [0.1, 0.15) is 37.4 Å². The highest BCUT2D eigenvalue weighted by Gasteiger charge is 2.30. The van der Waals surface area contributed by atoms with Gasteiger partial charge in [-0.2, -0.15) is 4.31 Å². The molecule has 0 aliphatic carbocycles. The smallest absolute Gasteiger partial charge is 0.243 e. The minimum Gasteiger partial charge on any atom is -0.348 e. The third kappa shape index (κ3) is 5.28. The lowest BCUT2D eigenvalue weighted by Crippen LogP contribution is -2.47. The third-order valence-corrected chi connectivity index (χ3v) is 7.65. The normalized spacial score (nSPS) is 18.4. The Morgan fingerprint density at radius 2 is 1.60 bits per heavy atom. The van der Waals surface area contributed by atoms with Gasteiger partial charge in [0.2, 0.25) is 15.9 Å². The van der Waals surface area contributed by atoms with Crippen molar-refractivity contribution < 1.29 is 13.2 Å². The maximum Gasteiger partial charge on any atom is 0.243 e. The summed E-state index contributed by atoms with van der Waals surface area (Å²) in [5, 5.41) is 3.07. The molecule has 3 rings (SSSR count). The summed E-state index contributed by atoms with van der Waals surface area (Å²) < 4.78 is 27.5. The maximum atomic E-state index is 13.0. The van der Waals surface area contributed by atoms with E-state index in [0.29, 0.717) is 37.5 Å². The van der Waals surface area contributed by atoms with Crippen LogP contribution in [0.5, 0.6) is 0 Å². The first-order valence-corrected chi connectivity index (χ1v) is 11.9. The molecule has 0 bridgehead atoms. The van der Waals surface area contributed by atoms with Crippen LogP contribution in [-0.4, -0.2) is 55.8 Å². The van der Waals surface area contributed by atoms with E-state index in [0.717, 1.165) is 11.1 Å². The second kappa shape index (κ2) is 9.73. The summed E-state index contributed by atoms with van der Waals surface area (Å²) in [4.78, 5) is 15.2. The van der Waals surface area contributed by atoms with Gasteiger partial charge in [0.1, 0.15) is 0 Å². The Kier molecular flexibility index (Phi) is 7.28. The van der Waals surface area contributed by atoms with E-state index in [1.807, 2.05) is 63.2 Å². The Morgan fingerprint density at radius 1 is 0.933 bits per heavy atom. The second-order valence-corrected chi connectivity index (χ2v) is 9.86. The Labute approximate surface area is 179 Å². The van der Waals surface area contributed by atoms with E-state index in [9.17, 15) is 13.2 Å². The first-order chi connectivity index (χ1) is 14.3. The zero-order chi connectivity index (χ0) is 21.7. The topological polar surface area (TPSA) is 69.7 Å². The largest absolute Gasteiger partial charge is 0.348 e. The molecule has 0 radical (unpaired) electrons. The SMILES string of the molecule is Cc1ccc(S(=O)(=O)N2CCCN([C@@H](C)C(=O)N[C@@H](C)c3ccccc3)CC2)cc1. The molecule has 1 fully saturated rings. The summed E-state index contributed by atoms with van der Waals surface area (Å²) in [7, 11) is -3.52. The van der Waals surface area contributed by atoms with Gasteiger partial charge in [-0.05, 0) is 44.9 Å². The Balaban J connectivity index is 1.61. The van der Waals surface area contributed by atoms with Crippen molar-refractivity contribution in [3.8, 4) is 0 Å². The van der Waals surface area contributed by atoms with E-state index in [2.05, 4.69) is 10.2 Å². The predicted octanol–water partition coefficient (Wildman–Crippen LogP) is 2.96. The van der Waals surface area contributed by atoms with Gasteiger partial charge in [-0.25, -0.2) is 8.42 Å². The average molecular weight is 430 g/mol. The molecule has 1 N–H and O–H groups in total. The standard InChI is InChI=1S/C23H31N3O3S/c1-18-10-12-22(13-11-18)30(28,29)26-15-7-14-25(16-17-26)20(3)23(27)24-19(2)21-8-5-4-6-9-21/h4-6,8-13,19-20H,7,14-17H2,1-3H3,(H,24,27)/t19-,20-/m0/s1. The zero-order valence-electron chi connectivity index (χ0n) is 17.9. The van der Waals surface area contributed by atoms with E-state index < -0.39 is 10.0 Å². The number of aryl methyl sites for hydroxylation is 1. The molecule has 0 spiro atoms. The van der Waals surface area contributed by atoms with Crippen LogP contribution in [0.4, 0.5) is 0 Å². The molecule has 30 heavy (non-hydrogen) atoms. The molecule has 6 nitrogen and oxygen atoms in total. The van der Waals surface area contributed by atoms with Crippen LogP contribution in [0.15, 0.2) is 59.5 Å². The fourth-order valence-corrected chi connectivity index (χ4v) is 5.20. The molecule has 0 saturated carbocycles. The number of carbonyl (C=O) groups excluding carboxylic acids is 1. The molecule has 7 heteroatoms. The van der Waals surface area contributed by atoms with Gasteiger partial charge >= 0.3 is 0 Å². The van der Waals surface area contributed by atoms with Crippen LogP contribution in [0.2, 0.25) is 0 Å². The molecule has 1 aliphatic heterocycles. The van der Waals surface area contributed by atoms with E-state index >= 15 is 0 Å². The lowest BCUT2D eigenvalue weighted by Gasteiger charge is -2.28. The Bertz CT molecular complexity index is 945. The molecule has 2 aromatic rings. The molecule has 1 amide bonds. The first kappa shape index (κ1) is 22.5. The minimum absolute atomic E-state index is 0.0406. The zero-order valence-corrected chi connectivity index (χ0v) is 18.7. The molecule has 1 heterocycles. The maximum absolute atomic E-state index is 13.0. The molecule has 0 aromatic heterocycles. The quantitative estimate of drug-likeness (QED) is 0.767.